The topological polar surface area (TPSA) is 38.2 Å². The summed E-state index contributed by atoms with van der Waals surface area (Å²) in [5.41, 5.74) is 0. The van der Waals surface area contributed by atoms with Gasteiger partial charge in [0.2, 0.25) is 5.95 Å². The van der Waals surface area contributed by atoms with Crippen molar-refractivity contribution in [2.45, 2.75) is 12.5 Å². The summed E-state index contributed by atoms with van der Waals surface area (Å²) < 4.78 is 5.93. The third-order valence-electron chi connectivity index (χ3n) is 3.08. The fourth-order valence-corrected chi connectivity index (χ4v) is 2.37. The molecule has 1 aliphatic heterocycles. The van der Waals surface area contributed by atoms with Gasteiger partial charge in [0.25, 0.3) is 0 Å². The van der Waals surface area contributed by atoms with Gasteiger partial charge in [-0.15, -0.1) is 0 Å². The Kier molecular flexibility index (Phi) is 3.51. The van der Waals surface area contributed by atoms with Gasteiger partial charge < -0.3 is 9.64 Å². The summed E-state index contributed by atoms with van der Waals surface area (Å²) in [6.45, 7) is 1.71. The molecule has 0 unspecified atom stereocenters. The van der Waals surface area contributed by atoms with E-state index in [1.807, 2.05) is 30.3 Å². The number of benzene rings is 1. The Balaban J connectivity index is 1.63. The summed E-state index contributed by atoms with van der Waals surface area (Å²) in [5, 5.41) is 0.693. The van der Waals surface area contributed by atoms with E-state index in [4.69, 9.17) is 16.3 Å². The predicted octanol–water partition coefficient (Wildman–Crippen LogP) is 2.79. The molecular formula is C14H14ClN3O. The molecule has 19 heavy (non-hydrogen) atoms. The van der Waals surface area contributed by atoms with Gasteiger partial charge in [-0.3, -0.25) is 0 Å². The molecule has 1 aromatic heterocycles. The quantitative estimate of drug-likeness (QED) is 0.863. The molecule has 4 nitrogen and oxygen atoms in total. The Morgan fingerprint density at radius 1 is 1.21 bits per heavy atom. The van der Waals surface area contributed by atoms with Crippen molar-refractivity contribution in [2.75, 3.05) is 18.0 Å². The summed E-state index contributed by atoms with van der Waals surface area (Å²) in [6, 6.07) is 9.31. The molecule has 0 N–H and O–H groups in total. The highest BCUT2D eigenvalue weighted by molar-refractivity contribution is 6.30. The number of hydrogen-bond donors (Lipinski definition) is 0. The molecule has 0 spiro atoms. The van der Waals surface area contributed by atoms with Crippen molar-refractivity contribution >= 4 is 17.5 Å². The van der Waals surface area contributed by atoms with Crippen LogP contribution < -0.4 is 9.64 Å². The van der Waals surface area contributed by atoms with Crippen molar-refractivity contribution in [1.29, 1.82) is 0 Å². The molecule has 0 aliphatic carbocycles. The van der Waals surface area contributed by atoms with Crippen LogP contribution in [0.5, 0.6) is 5.75 Å². The summed E-state index contributed by atoms with van der Waals surface area (Å²) in [5.74, 6) is 1.58. The van der Waals surface area contributed by atoms with Gasteiger partial charge in [-0.1, -0.05) is 17.7 Å². The number of aromatic nitrogens is 2. The SMILES string of the molecule is Clc1cccc(O[C@H]2CCN(c3ncccn3)C2)c1. The second-order valence-electron chi connectivity index (χ2n) is 4.48. The monoisotopic (exact) mass is 275 g/mol. The van der Waals surface area contributed by atoms with Gasteiger partial charge in [0.15, 0.2) is 0 Å². The van der Waals surface area contributed by atoms with E-state index in [-0.39, 0.29) is 6.10 Å². The van der Waals surface area contributed by atoms with Crippen LogP contribution in [0.25, 0.3) is 0 Å². The minimum atomic E-state index is 0.155. The Hall–Kier alpha value is -1.81. The van der Waals surface area contributed by atoms with Crippen molar-refractivity contribution in [3.05, 3.63) is 47.7 Å². The number of nitrogens with zero attached hydrogens (tertiary/aromatic N) is 3. The average Bonchev–Trinajstić information content (AvgIpc) is 2.88. The molecule has 1 atom stereocenters. The van der Waals surface area contributed by atoms with Gasteiger partial charge in [-0.05, 0) is 24.3 Å². The Morgan fingerprint density at radius 3 is 2.84 bits per heavy atom. The second-order valence-corrected chi connectivity index (χ2v) is 4.92. The van der Waals surface area contributed by atoms with E-state index in [1.165, 1.54) is 0 Å². The molecule has 2 aromatic rings. The van der Waals surface area contributed by atoms with Crippen LogP contribution in [0.2, 0.25) is 5.02 Å². The fraction of sp³-hybridized carbons (Fsp3) is 0.286. The van der Waals surface area contributed by atoms with E-state index in [1.54, 1.807) is 12.4 Å². The molecule has 0 saturated carbocycles. The predicted molar refractivity (Wildman–Crippen MR) is 74.7 cm³/mol. The molecule has 1 aliphatic rings. The number of anilines is 1. The van der Waals surface area contributed by atoms with Crippen LogP contribution in [0.4, 0.5) is 5.95 Å². The van der Waals surface area contributed by atoms with E-state index in [2.05, 4.69) is 14.9 Å². The summed E-state index contributed by atoms with van der Waals surface area (Å²) in [6.07, 6.45) is 4.63. The van der Waals surface area contributed by atoms with E-state index in [0.29, 0.717) is 5.02 Å². The molecular weight excluding hydrogens is 262 g/mol. The first-order valence-electron chi connectivity index (χ1n) is 6.25. The molecule has 2 heterocycles. The van der Waals surface area contributed by atoms with Crippen LogP contribution in [0.15, 0.2) is 42.7 Å². The summed E-state index contributed by atoms with van der Waals surface area (Å²) in [4.78, 5) is 10.6. The van der Waals surface area contributed by atoms with Crippen LogP contribution >= 0.6 is 11.6 Å². The van der Waals surface area contributed by atoms with Crippen LogP contribution in [0, 0.1) is 0 Å². The average molecular weight is 276 g/mol. The third-order valence-corrected chi connectivity index (χ3v) is 3.31. The van der Waals surface area contributed by atoms with Gasteiger partial charge in [-0.25, -0.2) is 9.97 Å². The molecule has 1 fully saturated rings. The van der Waals surface area contributed by atoms with Crippen molar-refractivity contribution < 1.29 is 4.74 Å². The van der Waals surface area contributed by atoms with Crippen LogP contribution in [-0.2, 0) is 0 Å². The fourth-order valence-electron chi connectivity index (χ4n) is 2.19. The summed E-state index contributed by atoms with van der Waals surface area (Å²) in [7, 11) is 0. The van der Waals surface area contributed by atoms with E-state index >= 15 is 0 Å². The minimum Gasteiger partial charge on any atom is -0.488 e. The van der Waals surface area contributed by atoms with Crippen molar-refractivity contribution in [3.63, 3.8) is 0 Å². The highest BCUT2D eigenvalue weighted by Gasteiger charge is 2.25. The Bertz CT molecular complexity index is 549. The lowest BCUT2D eigenvalue weighted by molar-refractivity contribution is 0.225. The minimum absolute atomic E-state index is 0.155. The first-order valence-corrected chi connectivity index (χ1v) is 6.63. The first-order chi connectivity index (χ1) is 9.31. The van der Waals surface area contributed by atoms with Crippen molar-refractivity contribution in [3.8, 4) is 5.75 Å². The van der Waals surface area contributed by atoms with Crippen molar-refractivity contribution in [2.24, 2.45) is 0 Å². The van der Waals surface area contributed by atoms with Gasteiger partial charge in [0.1, 0.15) is 11.9 Å². The lowest BCUT2D eigenvalue weighted by Crippen LogP contribution is -2.25. The Labute approximate surface area is 117 Å². The van der Waals surface area contributed by atoms with E-state index in [9.17, 15) is 0 Å². The van der Waals surface area contributed by atoms with Gasteiger partial charge >= 0.3 is 0 Å². The van der Waals surface area contributed by atoms with E-state index < -0.39 is 0 Å². The van der Waals surface area contributed by atoms with Gasteiger partial charge in [0, 0.05) is 30.4 Å². The molecule has 98 valence electrons. The maximum Gasteiger partial charge on any atom is 0.225 e. The molecule has 1 saturated heterocycles. The zero-order valence-corrected chi connectivity index (χ0v) is 11.1. The maximum absolute atomic E-state index is 5.94. The molecule has 0 amide bonds. The standard InChI is InChI=1S/C14H14ClN3O/c15-11-3-1-4-12(9-11)19-13-5-8-18(10-13)14-16-6-2-7-17-14/h1-4,6-7,9,13H,5,8,10H2/t13-/m0/s1. The number of halogens is 1. The number of ether oxygens (including phenoxy) is 1. The van der Waals surface area contributed by atoms with Crippen LogP contribution in [0.1, 0.15) is 6.42 Å². The lowest BCUT2D eigenvalue weighted by Gasteiger charge is -2.16. The maximum atomic E-state index is 5.94. The van der Waals surface area contributed by atoms with Crippen molar-refractivity contribution in [1.82, 2.24) is 9.97 Å². The second kappa shape index (κ2) is 5.45. The number of hydrogen-bond acceptors (Lipinski definition) is 4. The largest absolute Gasteiger partial charge is 0.488 e. The molecule has 0 radical (unpaired) electrons. The smallest absolute Gasteiger partial charge is 0.225 e. The highest BCUT2D eigenvalue weighted by Crippen LogP contribution is 2.23. The molecule has 0 bridgehead atoms. The molecule has 5 heteroatoms. The normalized spacial score (nSPS) is 18.6. The lowest BCUT2D eigenvalue weighted by atomic mass is 10.3. The molecule has 3 rings (SSSR count). The third kappa shape index (κ3) is 2.96. The van der Waals surface area contributed by atoms with Crippen LogP contribution in [0.3, 0.4) is 0 Å². The van der Waals surface area contributed by atoms with Gasteiger partial charge in [-0.2, -0.15) is 0 Å². The zero-order chi connectivity index (χ0) is 13.1. The van der Waals surface area contributed by atoms with Crippen LogP contribution in [-0.4, -0.2) is 29.2 Å². The summed E-state index contributed by atoms with van der Waals surface area (Å²) >= 11 is 5.94. The molecule has 1 aromatic carbocycles. The van der Waals surface area contributed by atoms with E-state index in [0.717, 1.165) is 31.2 Å². The van der Waals surface area contributed by atoms with Gasteiger partial charge in [0.05, 0.1) is 6.54 Å². The first kappa shape index (κ1) is 12.2. The Morgan fingerprint density at radius 2 is 2.05 bits per heavy atom. The highest BCUT2D eigenvalue weighted by atomic mass is 35.5. The zero-order valence-electron chi connectivity index (χ0n) is 10.4. The number of rotatable bonds is 3.